The Morgan fingerprint density at radius 2 is 1.17 bits per heavy atom. The van der Waals surface area contributed by atoms with Gasteiger partial charge in [-0.3, -0.25) is 0 Å². The Morgan fingerprint density at radius 3 is 1.47 bits per heavy atom. The summed E-state index contributed by atoms with van der Waals surface area (Å²) in [7, 11) is 0. The van der Waals surface area contributed by atoms with Crippen LogP contribution < -0.4 is 5.73 Å². The molecule has 30 heavy (non-hydrogen) atoms. The van der Waals surface area contributed by atoms with Crippen LogP contribution in [-0.4, -0.2) is 46.5 Å². The number of benzene rings is 2. The van der Waals surface area contributed by atoms with E-state index in [4.69, 9.17) is 18.0 Å². The van der Waals surface area contributed by atoms with Crippen LogP contribution in [0.15, 0.2) is 60.7 Å². The minimum absolute atomic E-state index is 0.107. The minimum Gasteiger partial charge on any atom is -0.395 e. The lowest BCUT2D eigenvalue weighted by Gasteiger charge is -2.31. The minimum atomic E-state index is -0.272. The molecule has 2 rings (SSSR count). The first-order valence-electron chi connectivity index (χ1n) is 10.7. The van der Waals surface area contributed by atoms with Gasteiger partial charge < -0.3 is 20.8 Å². The van der Waals surface area contributed by atoms with Gasteiger partial charge in [-0.05, 0) is 49.0 Å². The lowest BCUT2D eigenvalue weighted by atomic mass is 9.79. The third-order valence-electron chi connectivity index (χ3n) is 6.26. The van der Waals surface area contributed by atoms with Gasteiger partial charge in [-0.25, -0.2) is 0 Å². The Kier molecular flexibility index (Phi) is 9.28. The Labute approximate surface area is 186 Å². The van der Waals surface area contributed by atoms with E-state index in [1.54, 1.807) is 0 Å². The van der Waals surface area contributed by atoms with Gasteiger partial charge in [0.1, 0.15) is 0 Å². The standard InChI is InChI=1S/C25H36N2O2S/c1-24(19-28,21-11-5-3-6-12-21)15-9-17-27(23(26)30)18-10-16-25(2,20-29)22-13-7-4-8-14-22/h3-8,11-14,28-29H,9-10,15-20H2,1-2H3,(H2,26,30). The van der Waals surface area contributed by atoms with Crippen LogP contribution in [0.5, 0.6) is 0 Å². The van der Waals surface area contributed by atoms with Gasteiger partial charge in [0, 0.05) is 23.9 Å². The normalized spacial score (nSPS) is 15.2. The topological polar surface area (TPSA) is 69.7 Å². The van der Waals surface area contributed by atoms with Crippen molar-refractivity contribution in [1.29, 1.82) is 0 Å². The van der Waals surface area contributed by atoms with Crippen LogP contribution in [0.4, 0.5) is 0 Å². The summed E-state index contributed by atoms with van der Waals surface area (Å²) < 4.78 is 0. The fourth-order valence-electron chi connectivity index (χ4n) is 3.96. The molecule has 2 atom stereocenters. The number of thiocarbonyl (C=S) groups is 1. The van der Waals surface area contributed by atoms with Crippen molar-refractivity contribution in [2.75, 3.05) is 26.3 Å². The van der Waals surface area contributed by atoms with Crippen molar-refractivity contribution < 1.29 is 10.2 Å². The zero-order valence-corrected chi connectivity index (χ0v) is 19.1. The van der Waals surface area contributed by atoms with Crippen LogP contribution in [0.25, 0.3) is 0 Å². The molecule has 4 N–H and O–H groups in total. The molecule has 0 saturated carbocycles. The van der Waals surface area contributed by atoms with E-state index in [1.165, 1.54) is 0 Å². The quantitative estimate of drug-likeness (QED) is 0.446. The number of hydrogen-bond acceptors (Lipinski definition) is 3. The summed E-state index contributed by atoms with van der Waals surface area (Å²) in [5.74, 6) is 0. The first kappa shape index (κ1) is 24.3. The van der Waals surface area contributed by atoms with Crippen LogP contribution in [0.2, 0.25) is 0 Å². The molecule has 0 saturated heterocycles. The molecular weight excluding hydrogens is 392 g/mol. The molecule has 0 spiro atoms. The fraction of sp³-hybridized carbons (Fsp3) is 0.480. The number of rotatable bonds is 12. The Morgan fingerprint density at radius 1 is 0.800 bits per heavy atom. The highest BCUT2D eigenvalue weighted by Crippen LogP contribution is 2.30. The maximum absolute atomic E-state index is 9.99. The fourth-order valence-corrected chi connectivity index (χ4v) is 4.15. The van der Waals surface area contributed by atoms with E-state index >= 15 is 0 Å². The van der Waals surface area contributed by atoms with E-state index in [0.29, 0.717) is 5.11 Å². The predicted molar refractivity (Wildman–Crippen MR) is 129 cm³/mol. The number of nitrogens with two attached hydrogens (primary N) is 1. The zero-order valence-electron chi connectivity index (χ0n) is 18.3. The highest BCUT2D eigenvalue weighted by Gasteiger charge is 2.27. The van der Waals surface area contributed by atoms with Crippen molar-refractivity contribution in [2.24, 2.45) is 5.73 Å². The van der Waals surface area contributed by atoms with Gasteiger partial charge in [0.15, 0.2) is 5.11 Å². The molecule has 4 nitrogen and oxygen atoms in total. The van der Waals surface area contributed by atoms with E-state index in [1.807, 2.05) is 41.3 Å². The molecule has 0 amide bonds. The third-order valence-corrected chi connectivity index (χ3v) is 6.52. The molecule has 0 aliphatic heterocycles. The summed E-state index contributed by atoms with van der Waals surface area (Å²) in [5.41, 5.74) is 7.74. The summed E-state index contributed by atoms with van der Waals surface area (Å²) in [6, 6.07) is 20.3. The van der Waals surface area contributed by atoms with E-state index < -0.39 is 0 Å². The summed E-state index contributed by atoms with van der Waals surface area (Å²) in [5, 5.41) is 20.4. The maximum Gasteiger partial charge on any atom is 0.166 e. The summed E-state index contributed by atoms with van der Waals surface area (Å²) >= 11 is 5.28. The summed E-state index contributed by atoms with van der Waals surface area (Å²) in [4.78, 5) is 2.04. The second-order valence-corrected chi connectivity index (χ2v) is 9.12. The van der Waals surface area contributed by atoms with E-state index in [0.717, 1.165) is 49.9 Å². The van der Waals surface area contributed by atoms with Gasteiger partial charge in [-0.2, -0.15) is 0 Å². The van der Waals surface area contributed by atoms with Gasteiger partial charge in [-0.1, -0.05) is 74.5 Å². The molecule has 2 aromatic carbocycles. The van der Waals surface area contributed by atoms with E-state index in [-0.39, 0.29) is 24.0 Å². The molecule has 0 radical (unpaired) electrons. The number of nitrogens with zero attached hydrogens (tertiary/aromatic N) is 1. The lowest BCUT2D eigenvalue weighted by Crippen LogP contribution is -2.39. The van der Waals surface area contributed by atoms with Gasteiger partial charge in [-0.15, -0.1) is 0 Å². The molecular formula is C25H36N2O2S. The van der Waals surface area contributed by atoms with Crippen molar-refractivity contribution in [3.05, 3.63) is 71.8 Å². The highest BCUT2D eigenvalue weighted by atomic mass is 32.1. The predicted octanol–water partition coefficient (Wildman–Crippen LogP) is 3.99. The van der Waals surface area contributed by atoms with Gasteiger partial charge in [0.05, 0.1) is 13.2 Å². The molecule has 0 aliphatic carbocycles. The number of aliphatic hydroxyl groups is 2. The molecule has 2 unspecified atom stereocenters. The molecule has 0 aromatic heterocycles. The Balaban J connectivity index is 1.90. The monoisotopic (exact) mass is 428 g/mol. The third kappa shape index (κ3) is 6.53. The van der Waals surface area contributed by atoms with Crippen molar-refractivity contribution >= 4 is 17.3 Å². The summed E-state index contributed by atoms with van der Waals surface area (Å²) in [6.07, 6.45) is 3.48. The second-order valence-electron chi connectivity index (χ2n) is 8.70. The molecule has 2 aromatic rings. The lowest BCUT2D eigenvalue weighted by molar-refractivity contribution is 0.186. The van der Waals surface area contributed by atoms with Crippen molar-refractivity contribution in [3.63, 3.8) is 0 Å². The molecule has 0 heterocycles. The van der Waals surface area contributed by atoms with Crippen LogP contribution in [0, 0.1) is 0 Å². The van der Waals surface area contributed by atoms with Crippen LogP contribution in [0.3, 0.4) is 0 Å². The van der Waals surface area contributed by atoms with Crippen molar-refractivity contribution in [1.82, 2.24) is 4.90 Å². The van der Waals surface area contributed by atoms with Gasteiger partial charge in [0.2, 0.25) is 0 Å². The molecule has 0 aliphatic rings. The summed E-state index contributed by atoms with van der Waals surface area (Å²) in [6.45, 7) is 5.93. The van der Waals surface area contributed by atoms with Crippen molar-refractivity contribution in [2.45, 2.75) is 50.4 Å². The molecule has 164 valence electrons. The van der Waals surface area contributed by atoms with Gasteiger partial charge >= 0.3 is 0 Å². The SMILES string of the molecule is CC(CO)(CCCN(CCCC(C)(CO)c1ccccc1)C(N)=S)c1ccccc1. The van der Waals surface area contributed by atoms with Crippen LogP contribution >= 0.6 is 12.2 Å². The van der Waals surface area contributed by atoms with Crippen LogP contribution in [-0.2, 0) is 10.8 Å². The molecule has 0 bridgehead atoms. The average molecular weight is 429 g/mol. The second kappa shape index (κ2) is 11.4. The molecule has 0 fully saturated rings. The highest BCUT2D eigenvalue weighted by molar-refractivity contribution is 7.80. The smallest absolute Gasteiger partial charge is 0.166 e. The average Bonchev–Trinajstić information content (AvgIpc) is 2.78. The Bertz CT molecular complexity index is 712. The maximum atomic E-state index is 9.99. The van der Waals surface area contributed by atoms with Crippen LogP contribution in [0.1, 0.15) is 50.7 Å². The Hall–Kier alpha value is -1.95. The number of hydrogen-bond donors (Lipinski definition) is 3. The van der Waals surface area contributed by atoms with E-state index in [2.05, 4.69) is 38.1 Å². The largest absolute Gasteiger partial charge is 0.395 e. The molecule has 5 heteroatoms. The van der Waals surface area contributed by atoms with Gasteiger partial charge in [0.25, 0.3) is 0 Å². The first-order chi connectivity index (χ1) is 14.3. The number of aliphatic hydroxyl groups excluding tert-OH is 2. The first-order valence-corrected chi connectivity index (χ1v) is 11.1. The zero-order chi connectivity index (χ0) is 22.0. The van der Waals surface area contributed by atoms with Crippen molar-refractivity contribution in [3.8, 4) is 0 Å². The van der Waals surface area contributed by atoms with E-state index in [9.17, 15) is 10.2 Å².